The normalized spacial score (nSPS) is 10.8. The van der Waals surface area contributed by atoms with Gasteiger partial charge in [0.2, 0.25) is 5.79 Å². The minimum Gasteiger partial charge on any atom is -0.496 e. The number of hydrogen-bond acceptors (Lipinski definition) is 6. The summed E-state index contributed by atoms with van der Waals surface area (Å²) in [6.45, 7) is 2.45. The third kappa shape index (κ3) is 4.21. The quantitative estimate of drug-likeness (QED) is 0.428. The van der Waals surface area contributed by atoms with Gasteiger partial charge in [0.25, 0.3) is 0 Å². The molecule has 3 rings (SSSR count). The minimum absolute atomic E-state index is 0. The molecule has 3 aromatic rings. The fourth-order valence-corrected chi connectivity index (χ4v) is 3.37. The lowest BCUT2D eigenvalue weighted by Gasteiger charge is -2.33. The Morgan fingerprint density at radius 1 is 0.862 bits per heavy atom. The van der Waals surface area contributed by atoms with Gasteiger partial charge in [-0.1, -0.05) is 12.1 Å². The van der Waals surface area contributed by atoms with E-state index in [1.54, 1.807) is 33.7 Å². The third-order valence-electron chi connectivity index (χ3n) is 4.64. The van der Waals surface area contributed by atoms with E-state index in [4.69, 9.17) is 24.7 Å². The number of halogens is 2. The smallest absolute Gasteiger partial charge is 0.227 e. The summed E-state index contributed by atoms with van der Waals surface area (Å²) >= 11 is 0. The van der Waals surface area contributed by atoms with Crippen LogP contribution in [0.25, 0.3) is 10.8 Å². The molecule has 0 saturated carbocycles. The van der Waals surface area contributed by atoms with E-state index in [9.17, 15) is 0 Å². The number of aromatic nitrogens is 1. The molecule has 1 aromatic heterocycles. The second-order valence-corrected chi connectivity index (χ2v) is 5.92. The number of methoxy groups -OCH3 is 3. The van der Waals surface area contributed by atoms with Crippen molar-refractivity contribution < 1.29 is 18.9 Å². The highest BCUT2D eigenvalue weighted by atomic mass is 35.5. The number of ether oxygens (including phenoxy) is 4. The number of nitrogens with two attached hydrogens (primary N) is 1. The molecule has 29 heavy (non-hydrogen) atoms. The molecule has 2 N–H and O–H groups in total. The summed E-state index contributed by atoms with van der Waals surface area (Å²) in [6, 6.07) is 11.4. The highest BCUT2D eigenvalue weighted by molar-refractivity contribution is 5.97. The highest BCUT2D eigenvalue weighted by Gasteiger charge is 2.39. The van der Waals surface area contributed by atoms with Crippen molar-refractivity contribution in [3.05, 3.63) is 59.9 Å². The average molecular weight is 441 g/mol. The lowest BCUT2D eigenvalue weighted by Crippen LogP contribution is -2.33. The van der Waals surface area contributed by atoms with Crippen molar-refractivity contribution in [1.29, 1.82) is 0 Å². The first kappa shape index (κ1) is 24.8. The molecular weight excluding hydrogens is 415 g/mol. The molecule has 0 unspecified atom stereocenters. The Labute approximate surface area is 183 Å². The summed E-state index contributed by atoms with van der Waals surface area (Å²) in [5, 5.41) is 1.63. The molecule has 2 aromatic carbocycles. The molecule has 0 aliphatic rings. The monoisotopic (exact) mass is 440 g/mol. The van der Waals surface area contributed by atoms with Crippen LogP contribution in [0.15, 0.2) is 48.8 Å². The van der Waals surface area contributed by atoms with Gasteiger partial charge in [0.05, 0.1) is 25.0 Å². The number of benzene rings is 2. The first-order valence-electron chi connectivity index (χ1n) is 8.66. The van der Waals surface area contributed by atoms with Gasteiger partial charge >= 0.3 is 0 Å². The van der Waals surface area contributed by atoms with Gasteiger partial charge in [-0.25, -0.2) is 0 Å². The summed E-state index contributed by atoms with van der Waals surface area (Å²) in [4.78, 5) is 4.38. The molecule has 0 fully saturated rings. The van der Waals surface area contributed by atoms with Crippen molar-refractivity contribution in [3.8, 4) is 11.5 Å². The van der Waals surface area contributed by atoms with E-state index >= 15 is 0 Å². The SMILES string of the molecule is CCOc1ccc2c(C(OC)(OC)c3ccccc3OC)cncc2c1N.Cl.Cl. The average Bonchev–Trinajstić information content (AvgIpc) is 2.72. The van der Waals surface area contributed by atoms with Crippen LogP contribution < -0.4 is 15.2 Å². The van der Waals surface area contributed by atoms with Gasteiger partial charge in [-0.15, -0.1) is 24.8 Å². The van der Waals surface area contributed by atoms with Gasteiger partial charge in [0.1, 0.15) is 11.5 Å². The van der Waals surface area contributed by atoms with Gasteiger partial charge in [-0.3, -0.25) is 4.98 Å². The Bertz CT molecular complexity index is 949. The maximum absolute atomic E-state index is 6.32. The van der Waals surface area contributed by atoms with Crippen LogP contribution in [-0.2, 0) is 15.3 Å². The number of anilines is 1. The Balaban J connectivity index is 0.00000210. The van der Waals surface area contributed by atoms with Crippen molar-refractivity contribution >= 4 is 41.3 Å². The maximum Gasteiger partial charge on any atom is 0.227 e. The molecule has 0 atom stereocenters. The molecule has 0 aliphatic carbocycles. The molecule has 6 nitrogen and oxygen atoms in total. The topological polar surface area (TPSA) is 75.8 Å². The zero-order chi connectivity index (χ0) is 19.4. The van der Waals surface area contributed by atoms with Gasteiger partial charge in [-0.2, -0.15) is 0 Å². The van der Waals surface area contributed by atoms with Crippen molar-refractivity contribution in [1.82, 2.24) is 4.98 Å². The number of pyridine rings is 1. The molecule has 0 saturated heterocycles. The first-order chi connectivity index (χ1) is 13.1. The fraction of sp³-hybridized carbons (Fsp3) is 0.286. The standard InChI is InChI=1S/C21H24N2O4.2ClH/c1-5-27-19-11-10-14-15(20(19)22)12-23-13-17(14)21(25-3,26-4)16-8-6-7-9-18(16)24-2;;/h6-13H,5,22H2,1-4H3;2*1H. The molecule has 0 amide bonds. The van der Waals surface area contributed by atoms with Crippen LogP contribution in [0.1, 0.15) is 18.1 Å². The van der Waals surface area contributed by atoms with E-state index in [0.717, 1.165) is 21.9 Å². The van der Waals surface area contributed by atoms with Crippen molar-refractivity contribution in [2.45, 2.75) is 12.7 Å². The second-order valence-electron chi connectivity index (χ2n) is 5.92. The van der Waals surface area contributed by atoms with Crippen LogP contribution in [0.4, 0.5) is 5.69 Å². The van der Waals surface area contributed by atoms with Gasteiger partial charge < -0.3 is 24.7 Å². The Morgan fingerprint density at radius 2 is 1.55 bits per heavy atom. The zero-order valence-electron chi connectivity index (χ0n) is 16.8. The van der Waals surface area contributed by atoms with E-state index in [2.05, 4.69) is 4.98 Å². The van der Waals surface area contributed by atoms with Crippen LogP contribution in [-0.4, -0.2) is 32.9 Å². The molecule has 0 aliphatic heterocycles. The van der Waals surface area contributed by atoms with Crippen LogP contribution in [0.3, 0.4) is 0 Å². The number of rotatable bonds is 7. The van der Waals surface area contributed by atoms with E-state index in [1.165, 1.54) is 0 Å². The molecule has 158 valence electrons. The number of hydrogen-bond donors (Lipinski definition) is 1. The predicted molar refractivity (Wildman–Crippen MR) is 120 cm³/mol. The van der Waals surface area contributed by atoms with Crippen molar-refractivity contribution in [2.24, 2.45) is 0 Å². The van der Waals surface area contributed by atoms with Crippen LogP contribution in [0.2, 0.25) is 0 Å². The lowest BCUT2D eigenvalue weighted by molar-refractivity contribution is -0.183. The molecule has 0 bridgehead atoms. The number of nitrogen functional groups attached to an aromatic ring is 1. The largest absolute Gasteiger partial charge is 0.496 e. The second kappa shape index (κ2) is 10.5. The first-order valence-corrected chi connectivity index (χ1v) is 8.66. The van der Waals surface area contributed by atoms with Crippen LogP contribution >= 0.6 is 24.8 Å². The maximum atomic E-state index is 6.32. The fourth-order valence-electron chi connectivity index (χ4n) is 3.37. The summed E-state index contributed by atoms with van der Waals surface area (Å²) < 4.78 is 23.0. The number of para-hydroxylation sites is 1. The van der Waals surface area contributed by atoms with E-state index in [-0.39, 0.29) is 24.8 Å². The van der Waals surface area contributed by atoms with Crippen LogP contribution in [0.5, 0.6) is 11.5 Å². The molecule has 0 spiro atoms. The number of nitrogens with zero attached hydrogens (tertiary/aromatic N) is 1. The highest BCUT2D eigenvalue weighted by Crippen LogP contribution is 2.43. The molecule has 0 radical (unpaired) electrons. The molecular formula is C21H26Cl2N2O4. The van der Waals surface area contributed by atoms with E-state index < -0.39 is 5.79 Å². The summed E-state index contributed by atoms with van der Waals surface area (Å²) in [5.74, 6) is 0.0670. The van der Waals surface area contributed by atoms with Gasteiger partial charge in [-0.05, 0) is 36.6 Å². The van der Waals surface area contributed by atoms with Crippen molar-refractivity contribution in [2.75, 3.05) is 33.7 Å². The van der Waals surface area contributed by atoms with E-state index in [1.807, 2.05) is 43.3 Å². The van der Waals surface area contributed by atoms with Gasteiger partial charge in [0.15, 0.2) is 0 Å². The summed E-state index contributed by atoms with van der Waals surface area (Å²) in [6.07, 6.45) is 3.44. The molecule has 1 heterocycles. The summed E-state index contributed by atoms with van der Waals surface area (Å²) in [7, 11) is 4.79. The third-order valence-corrected chi connectivity index (χ3v) is 4.64. The number of fused-ring (bicyclic) bond motifs is 1. The Kier molecular flexibility index (Phi) is 8.98. The molecule has 8 heteroatoms. The minimum atomic E-state index is -1.21. The van der Waals surface area contributed by atoms with E-state index in [0.29, 0.717) is 23.8 Å². The van der Waals surface area contributed by atoms with Gasteiger partial charge in [0, 0.05) is 37.6 Å². The Morgan fingerprint density at radius 3 is 2.17 bits per heavy atom. The summed E-state index contributed by atoms with van der Waals surface area (Å²) in [5.41, 5.74) is 8.32. The zero-order valence-corrected chi connectivity index (χ0v) is 18.4. The predicted octanol–water partition coefficient (Wildman–Crippen LogP) is 4.56. The van der Waals surface area contributed by atoms with Crippen molar-refractivity contribution in [3.63, 3.8) is 0 Å². The lowest BCUT2D eigenvalue weighted by atomic mass is 9.93. The van der Waals surface area contributed by atoms with Crippen LogP contribution in [0, 0.1) is 0 Å². The Hall–Kier alpha value is -2.25.